The summed E-state index contributed by atoms with van der Waals surface area (Å²) in [5.41, 5.74) is 2.22. The summed E-state index contributed by atoms with van der Waals surface area (Å²) in [6.07, 6.45) is 3.68. The van der Waals surface area contributed by atoms with Gasteiger partial charge in [0, 0.05) is 5.03 Å². The highest BCUT2D eigenvalue weighted by Gasteiger charge is 1.89. The second-order valence-electron chi connectivity index (χ2n) is 2.46. The highest BCUT2D eigenvalue weighted by atomic mass is 35.5. The normalized spacial score (nSPS) is 12.0. The second kappa shape index (κ2) is 4.35. The first-order valence-electron chi connectivity index (χ1n) is 3.21. The van der Waals surface area contributed by atoms with Gasteiger partial charge >= 0.3 is 0 Å². The number of rotatable bonds is 2. The van der Waals surface area contributed by atoms with Gasteiger partial charge in [0.05, 0.1) is 0 Å². The van der Waals surface area contributed by atoms with Gasteiger partial charge in [0.15, 0.2) is 0 Å². The molecule has 0 spiro atoms. The molecule has 0 rings (SSSR count). The summed E-state index contributed by atoms with van der Waals surface area (Å²) in [7, 11) is 0. The zero-order valence-electron chi connectivity index (χ0n) is 6.74. The topological polar surface area (TPSA) is 0 Å². The van der Waals surface area contributed by atoms with Crippen LogP contribution < -0.4 is 0 Å². The largest absolute Gasteiger partial charge is 0.0987 e. The van der Waals surface area contributed by atoms with E-state index in [1.807, 2.05) is 26.8 Å². The van der Waals surface area contributed by atoms with Gasteiger partial charge in [0.2, 0.25) is 0 Å². The van der Waals surface area contributed by atoms with Gasteiger partial charge in [-0.2, -0.15) is 0 Å². The summed E-state index contributed by atoms with van der Waals surface area (Å²) < 4.78 is 0. The maximum absolute atomic E-state index is 5.86. The van der Waals surface area contributed by atoms with Crippen molar-refractivity contribution in [1.82, 2.24) is 0 Å². The van der Waals surface area contributed by atoms with Crippen LogP contribution in [0.2, 0.25) is 0 Å². The average molecular weight is 157 g/mol. The van der Waals surface area contributed by atoms with Crippen molar-refractivity contribution in [3.63, 3.8) is 0 Å². The van der Waals surface area contributed by atoms with Crippen molar-refractivity contribution >= 4 is 11.6 Å². The van der Waals surface area contributed by atoms with Crippen LogP contribution in [0, 0.1) is 0 Å². The molecule has 0 bridgehead atoms. The Bertz CT molecular complexity index is 181. The highest BCUT2D eigenvalue weighted by Crippen LogP contribution is 2.13. The molecule has 0 aliphatic heterocycles. The van der Waals surface area contributed by atoms with Crippen molar-refractivity contribution in [1.29, 1.82) is 0 Å². The first-order valence-corrected chi connectivity index (χ1v) is 3.59. The molecule has 0 saturated carbocycles. The van der Waals surface area contributed by atoms with Crippen molar-refractivity contribution < 1.29 is 0 Å². The molecule has 0 unspecified atom stereocenters. The number of hydrogen-bond acceptors (Lipinski definition) is 0. The standard InChI is InChI=1S/C9H13Cl/c1-5-8(4)9(10)6-7(2)3/h5-6H,1H2,2-4H3/b9-8+. The zero-order valence-corrected chi connectivity index (χ0v) is 7.50. The molecule has 0 heterocycles. The van der Waals surface area contributed by atoms with E-state index in [1.54, 1.807) is 6.08 Å². The molecular weight excluding hydrogens is 144 g/mol. The van der Waals surface area contributed by atoms with Crippen molar-refractivity contribution in [3.05, 3.63) is 34.9 Å². The minimum absolute atomic E-state index is 0.773. The third kappa shape index (κ3) is 3.52. The summed E-state index contributed by atoms with van der Waals surface area (Å²) in [5.74, 6) is 0. The average Bonchev–Trinajstić information content (AvgIpc) is 1.85. The summed E-state index contributed by atoms with van der Waals surface area (Å²) >= 11 is 5.86. The van der Waals surface area contributed by atoms with E-state index in [-0.39, 0.29) is 0 Å². The number of halogens is 1. The Labute approximate surface area is 67.9 Å². The van der Waals surface area contributed by atoms with Crippen molar-refractivity contribution in [3.8, 4) is 0 Å². The summed E-state index contributed by atoms with van der Waals surface area (Å²) in [4.78, 5) is 0. The van der Waals surface area contributed by atoms with Gasteiger partial charge in [-0.3, -0.25) is 0 Å². The van der Waals surface area contributed by atoms with E-state index >= 15 is 0 Å². The van der Waals surface area contributed by atoms with E-state index in [9.17, 15) is 0 Å². The lowest BCUT2D eigenvalue weighted by Crippen LogP contribution is -1.73. The van der Waals surface area contributed by atoms with E-state index in [4.69, 9.17) is 11.6 Å². The Morgan fingerprint density at radius 2 is 1.80 bits per heavy atom. The van der Waals surface area contributed by atoms with E-state index in [0.717, 1.165) is 10.6 Å². The predicted octanol–water partition coefficient (Wildman–Crippen LogP) is 3.65. The molecular formula is C9H13Cl. The Hall–Kier alpha value is -0.490. The number of hydrogen-bond donors (Lipinski definition) is 0. The molecule has 0 radical (unpaired) electrons. The molecule has 0 amide bonds. The summed E-state index contributed by atoms with van der Waals surface area (Å²) in [6, 6.07) is 0. The van der Waals surface area contributed by atoms with Crippen LogP contribution in [0.25, 0.3) is 0 Å². The van der Waals surface area contributed by atoms with Crippen LogP contribution >= 0.6 is 11.6 Å². The first kappa shape index (κ1) is 9.51. The fraction of sp³-hybridized carbons (Fsp3) is 0.333. The summed E-state index contributed by atoms with van der Waals surface area (Å²) in [5, 5.41) is 0.773. The van der Waals surface area contributed by atoms with Crippen LogP contribution in [-0.2, 0) is 0 Å². The smallest absolute Gasteiger partial charge is 0.0434 e. The molecule has 56 valence electrons. The monoisotopic (exact) mass is 156 g/mol. The van der Waals surface area contributed by atoms with Crippen molar-refractivity contribution in [2.24, 2.45) is 0 Å². The minimum atomic E-state index is 0.773. The molecule has 0 atom stereocenters. The van der Waals surface area contributed by atoms with Gasteiger partial charge in [-0.25, -0.2) is 0 Å². The van der Waals surface area contributed by atoms with E-state index in [2.05, 4.69) is 6.58 Å². The SMILES string of the molecule is C=C/C(C)=C(/Cl)C=C(C)C. The number of allylic oxidation sites excluding steroid dienone is 5. The van der Waals surface area contributed by atoms with Crippen LogP contribution in [0.15, 0.2) is 34.9 Å². The maximum Gasteiger partial charge on any atom is 0.0434 e. The molecule has 0 saturated heterocycles. The van der Waals surface area contributed by atoms with Crippen molar-refractivity contribution in [2.75, 3.05) is 0 Å². The van der Waals surface area contributed by atoms with Gasteiger partial charge in [-0.1, -0.05) is 29.8 Å². The van der Waals surface area contributed by atoms with Crippen molar-refractivity contribution in [2.45, 2.75) is 20.8 Å². The predicted molar refractivity (Wildman–Crippen MR) is 48.2 cm³/mol. The molecule has 0 aliphatic carbocycles. The Morgan fingerprint density at radius 1 is 1.30 bits per heavy atom. The van der Waals surface area contributed by atoms with E-state index in [0.29, 0.717) is 0 Å². The molecule has 0 nitrogen and oxygen atoms in total. The summed E-state index contributed by atoms with van der Waals surface area (Å²) in [6.45, 7) is 9.58. The molecule has 10 heavy (non-hydrogen) atoms. The Kier molecular flexibility index (Phi) is 4.13. The van der Waals surface area contributed by atoms with Crippen LogP contribution in [0.1, 0.15) is 20.8 Å². The molecule has 0 fully saturated rings. The fourth-order valence-corrected chi connectivity index (χ4v) is 0.760. The van der Waals surface area contributed by atoms with Gasteiger partial charge in [-0.15, -0.1) is 0 Å². The highest BCUT2D eigenvalue weighted by molar-refractivity contribution is 6.31. The van der Waals surface area contributed by atoms with Crippen LogP contribution in [0.4, 0.5) is 0 Å². The van der Waals surface area contributed by atoms with E-state index < -0.39 is 0 Å². The molecule has 1 heteroatoms. The lowest BCUT2D eigenvalue weighted by Gasteiger charge is -1.94. The quantitative estimate of drug-likeness (QED) is 0.536. The fourth-order valence-electron chi connectivity index (χ4n) is 0.465. The lowest BCUT2D eigenvalue weighted by molar-refractivity contribution is 1.37. The lowest BCUT2D eigenvalue weighted by atomic mass is 10.2. The van der Waals surface area contributed by atoms with Gasteiger partial charge in [0.1, 0.15) is 0 Å². The third-order valence-corrected chi connectivity index (χ3v) is 1.51. The van der Waals surface area contributed by atoms with Gasteiger partial charge < -0.3 is 0 Å². The Morgan fingerprint density at radius 3 is 2.10 bits per heavy atom. The third-order valence-electron chi connectivity index (χ3n) is 1.10. The zero-order chi connectivity index (χ0) is 8.15. The van der Waals surface area contributed by atoms with Gasteiger partial charge in [0.25, 0.3) is 0 Å². The van der Waals surface area contributed by atoms with Crippen LogP contribution in [-0.4, -0.2) is 0 Å². The van der Waals surface area contributed by atoms with Crippen LogP contribution in [0.5, 0.6) is 0 Å². The Balaban J connectivity index is 4.48. The molecule has 0 aliphatic rings. The second-order valence-corrected chi connectivity index (χ2v) is 2.86. The maximum atomic E-state index is 5.86. The first-order chi connectivity index (χ1) is 4.57. The molecule has 0 aromatic rings. The molecule has 0 aromatic heterocycles. The minimum Gasteiger partial charge on any atom is -0.0987 e. The van der Waals surface area contributed by atoms with Gasteiger partial charge in [-0.05, 0) is 32.4 Å². The van der Waals surface area contributed by atoms with E-state index in [1.165, 1.54) is 5.57 Å². The van der Waals surface area contributed by atoms with Crippen LogP contribution in [0.3, 0.4) is 0 Å². The molecule has 0 N–H and O–H groups in total. The molecule has 0 aromatic carbocycles.